The maximum absolute atomic E-state index is 11.5. The fraction of sp³-hybridized carbons (Fsp3) is 0.222. The fourth-order valence-corrected chi connectivity index (χ4v) is 3.09. The van der Waals surface area contributed by atoms with Crippen LogP contribution in [0, 0.1) is 0 Å². The van der Waals surface area contributed by atoms with Crippen molar-refractivity contribution in [2.75, 3.05) is 6.54 Å². The molecule has 4 N–H and O–H groups in total. The zero-order valence-electron chi connectivity index (χ0n) is 13.4. The minimum Gasteiger partial charge on any atom is -0.366 e. The number of benzene rings is 2. The van der Waals surface area contributed by atoms with Crippen molar-refractivity contribution < 1.29 is 4.79 Å². The molecule has 0 unspecified atom stereocenters. The number of hydrogen-bond donors (Lipinski definition) is 2. The second-order valence-electron chi connectivity index (χ2n) is 5.61. The van der Waals surface area contributed by atoms with Gasteiger partial charge in [0.05, 0.1) is 21.6 Å². The van der Waals surface area contributed by atoms with Crippen LogP contribution in [-0.2, 0) is 12.8 Å². The number of nitrogens with two attached hydrogens (primary N) is 2. The summed E-state index contributed by atoms with van der Waals surface area (Å²) in [6, 6.07) is 11.6. The van der Waals surface area contributed by atoms with Crippen molar-refractivity contribution >= 4 is 28.5 Å². The van der Waals surface area contributed by atoms with Crippen LogP contribution in [0.5, 0.6) is 0 Å². The van der Waals surface area contributed by atoms with Crippen LogP contribution in [0.15, 0.2) is 36.4 Å². The fourth-order valence-electron chi connectivity index (χ4n) is 2.84. The molecule has 0 saturated heterocycles. The third-order valence-corrected chi connectivity index (χ3v) is 4.33. The van der Waals surface area contributed by atoms with Crippen molar-refractivity contribution in [3.05, 3.63) is 58.4 Å². The highest BCUT2D eigenvalue weighted by molar-refractivity contribution is 6.34. The first kappa shape index (κ1) is 16.5. The predicted octanol–water partition coefficient (Wildman–Crippen LogP) is 2.84. The summed E-state index contributed by atoms with van der Waals surface area (Å²) < 4.78 is 2.05. The first-order valence-electron chi connectivity index (χ1n) is 7.85. The van der Waals surface area contributed by atoms with Gasteiger partial charge in [0.25, 0.3) is 0 Å². The molecule has 3 rings (SSSR count). The van der Waals surface area contributed by atoms with Gasteiger partial charge in [-0.1, -0.05) is 30.7 Å². The van der Waals surface area contributed by atoms with E-state index in [4.69, 9.17) is 23.1 Å². The normalized spacial score (nSPS) is 11.1. The summed E-state index contributed by atoms with van der Waals surface area (Å²) in [7, 11) is 0. The number of halogens is 1. The maximum atomic E-state index is 11.5. The second-order valence-corrected chi connectivity index (χ2v) is 6.01. The number of primary amides is 1. The largest absolute Gasteiger partial charge is 0.366 e. The van der Waals surface area contributed by atoms with E-state index in [1.807, 2.05) is 19.1 Å². The van der Waals surface area contributed by atoms with Crippen molar-refractivity contribution in [2.45, 2.75) is 19.8 Å². The zero-order chi connectivity index (χ0) is 17.3. The van der Waals surface area contributed by atoms with E-state index in [1.54, 1.807) is 12.1 Å². The number of hydrogen-bond acceptors (Lipinski definition) is 3. The number of aromatic nitrogens is 2. The highest BCUT2D eigenvalue weighted by Crippen LogP contribution is 2.28. The summed E-state index contributed by atoms with van der Waals surface area (Å²) in [6.45, 7) is 2.66. The van der Waals surface area contributed by atoms with Gasteiger partial charge in [-0.05, 0) is 42.8 Å². The van der Waals surface area contributed by atoms with E-state index in [2.05, 4.69) is 21.7 Å². The zero-order valence-corrected chi connectivity index (χ0v) is 14.2. The third-order valence-electron chi connectivity index (χ3n) is 4.02. The number of carbonyl (C=O) groups excluding carboxylic acids is 1. The molecule has 0 radical (unpaired) electrons. The molecule has 1 aromatic heterocycles. The Labute approximate surface area is 145 Å². The molecule has 0 fully saturated rings. The van der Waals surface area contributed by atoms with Gasteiger partial charge in [0.15, 0.2) is 0 Å². The van der Waals surface area contributed by atoms with Crippen molar-refractivity contribution in [3.63, 3.8) is 0 Å². The van der Waals surface area contributed by atoms with Gasteiger partial charge in [-0.25, -0.2) is 4.98 Å². The summed E-state index contributed by atoms with van der Waals surface area (Å²) in [5, 5.41) is 0.332. The van der Waals surface area contributed by atoms with Gasteiger partial charge in [0, 0.05) is 12.1 Å². The smallest absolute Gasteiger partial charge is 0.250 e. The number of carbonyl (C=O) groups is 1. The summed E-state index contributed by atoms with van der Waals surface area (Å²) in [4.78, 5) is 16.1. The molecule has 0 atom stereocenters. The molecule has 1 heterocycles. The molecule has 3 aromatic rings. The van der Waals surface area contributed by atoms with Gasteiger partial charge in [0.2, 0.25) is 5.91 Å². The van der Waals surface area contributed by atoms with Crippen LogP contribution < -0.4 is 11.5 Å². The molecule has 6 heteroatoms. The Kier molecular flexibility index (Phi) is 4.55. The second kappa shape index (κ2) is 6.63. The van der Waals surface area contributed by atoms with Crippen LogP contribution in [0.4, 0.5) is 0 Å². The Balaban J connectivity index is 2.19. The maximum Gasteiger partial charge on any atom is 0.250 e. The molecule has 0 aliphatic heterocycles. The van der Waals surface area contributed by atoms with E-state index in [9.17, 15) is 4.79 Å². The molecule has 0 aliphatic carbocycles. The van der Waals surface area contributed by atoms with Gasteiger partial charge in [-0.3, -0.25) is 9.36 Å². The molecule has 0 spiro atoms. The number of aryl methyl sites for hydroxylation is 1. The van der Waals surface area contributed by atoms with Crippen LogP contribution in [-0.4, -0.2) is 22.0 Å². The number of imidazole rings is 1. The predicted molar refractivity (Wildman–Crippen MR) is 96.7 cm³/mol. The lowest BCUT2D eigenvalue weighted by atomic mass is 10.1. The van der Waals surface area contributed by atoms with Crippen molar-refractivity contribution in [1.82, 2.24) is 9.55 Å². The van der Waals surface area contributed by atoms with Crippen LogP contribution in [0.3, 0.4) is 0 Å². The lowest BCUT2D eigenvalue weighted by Gasteiger charge is -2.10. The number of rotatable bonds is 5. The minimum absolute atomic E-state index is 0.287. The van der Waals surface area contributed by atoms with E-state index in [1.165, 1.54) is 5.56 Å². The Hall–Kier alpha value is -2.37. The Morgan fingerprint density at radius 1 is 1.25 bits per heavy atom. The van der Waals surface area contributed by atoms with Crippen molar-refractivity contribution in [2.24, 2.45) is 11.5 Å². The SMILES string of the molecule is CCc1nc2cc(C(N)=O)c(Cl)cc2n1-c1ccc(CCN)cc1. The number of nitrogens with zero attached hydrogens (tertiary/aromatic N) is 2. The van der Waals surface area contributed by atoms with Gasteiger partial charge in [-0.15, -0.1) is 0 Å². The standard InChI is InChI=1S/C18H19ClN4O/c1-2-17-22-15-9-13(18(21)24)14(19)10-16(15)23(17)12-5-3-11(4-6-12)7-8-20/h3-6,9-10H,2,7-8,20H2,1H3,(H2,21,24). The Morgan fingerprint density at radius 2 is 1.96 bits per heavy atom. The molecule has 0 bridgehead atoms. The lowest BCUT2D eigenvalue weighted by Crippen LogP contribution is -2.11. The first-order valence-corrected chi connectivity index (χ1v) is 8.23. The van der Waals surface area contributed by atoms with E-state index in [0.717, 1.165) is 29.9 Å². The Morgan fingerprint density at radius 3 is 2.54 bits per heavy atom. The molecule has 5 nitrogen and oxygen atoms in total. The van der Waals surface area contributed by atoms with Crippen LogP contribution in [0.2, 0.25) is 5.02 Å². The van der Waals surface area contributed by atoms with Gasteiger partial charge in [-0.2, -0.15) is 0 Å². The summed E-state index contributed by atoms with van der Waals surface area (Å²) in [5.41, 5.74) is 15.0. The van der Waals surface area contributed by atoms with E-state index < -0.39 is 5.91 Å². The van der Waals surface area contributed by atoms with E-state index in [-0.39, 0.29) is 5.56 Å². The topological polar surface area (TPSA) is 86.9 Å². The highest BCUT2D eigenvalue weighted by atomic mass is 35.5. The van der Waals surface area contributed by atoms with Crippen LogP contribution in [0.25, 0.3) is 16.7 Å². The van der Waals surface area contributed by atoms with Gasteiger partial charge >= 0.3 is 0 Å². The number of amides is 1. The molecular weight excluding hydrogens is 324 g/mol. The molecule has 1 amide bonds. The summed E-state index contributed by atoms with van der Waals surface area (Å²) >= 11 is 6.22. The Bertz CT molecular complexity index is 900. The first-order chi connectivity index (χ1) is 11.5. The van der Waals surface area contributed by atoms with Crippen molar-refractivity contribution in [1.29, 1.82) is 0 Å². The quantitative estimate of drug-likeness (QED) is 0.747. The van der Waals surface area contributed by atoms with Crippen LogP contribution in [0.1, 0.15) is 28.7 Å². The third kappa shape index (κ3) is 2.88. The lowest BCUT2D eigenvalue weighted by molar-refractivity contribution is 0.100. The van der Waals surface area contributed by atoms with Crippen LogP contribution >= 0.6 is 11.6 Å². The highest BCUT2D eigenvalue weighted by Gasteiger charge is 2.16. The van der Waals surface area contributed by atoms with E-state index in [0.29, 0.717) is 17.1 Å². The molecule has 0 aliphatic rings. The summed E-state index contributed by atoms with van der Waals surface area (Å²) in [5.74, 6) is 0.342. The van der Waals surface area contributed by atoms with Gasteiger partial charge < -0.3 is 11.5 Å². The monoisotopic (exact) mass is 342 g/mol. The van der Waals surface area contributed by atoms with Crippen molar-refractivity contribution in [3.8, 4) is 5.69 Å². The molecule has 2 aromatic carbocycles. The van der Waals surface area contributed by atoms with E-state index >= 15 is 0 Å². The average Bonchev–Trinajstić information content (AvgIpc) is 2.92. The molecule has 0 saturated carbocycles. The number of fused-ring (bicyclic) bond motifs is 1. The average molecular weight is 343 g/mol. The molecule has 24 heavy (non-hydrogen) atoms. The molecule has 124 valence electrons. The molecular formula is C18H19ClN4O. The summed E-state index contributed by atoms with van der Waals surface area (Å²) in [6.07, 6.45) is 1.60. The van der Waals surface area contributed by atoms with Gasteiger partial charge in [0.1, 0.15) is 5.82 Å². The minimum atomic E-state index is -0.555.